The Morgan fingerprint density at radius 1 is 1.44 bits per heavy atom. The number of hydrogen-bond acceptors (Lipinski definition) is 2. The maximum atomic E-state index is 13.0. The Labute approximate surface area is 106 Å². The summed E-state index contributed by atoms with van der Waals surface area (Å²) in [6.07, 6.45) is 0.634. The highest BCUT2D eigenvalue weighted by Crippen LogP contribution is 2.38. The molecule has 0 aromatic heterocycles. The van der Waals surface area contributed by atoms with E-state index in [4.69, 9.17) is 4.74 Å². The van der Waals surface area contributed by atoms with Crippen molar-refractivity contribution in [2.45, 2.75) is 32.1 Å². The molecule has 2 rings (SSSR count). The zero-order valence-corrected chi connectivity index (χ0v) is 10.6. The van der Waals surface area contributed by atoms with Gasteiger partial charge in [0.25, 0.3) is 0 Å². The van der Waals surface area contributed by atoms with Crippen LogP contribution >= 0.6 is 0 Å². The van der Waals surface area contributed by atoms with Crippen molar-refractivity contribution in [1.82, 2.24) is 0 Å². The SMILES string of the molecule is CCOc1cccc(NCC2CCC(F)(F)C2)c1. The minimum atomic E-state index is -2.46. The van der Waals surface area contributed by atoms with Crippen molar-refractivity contribution in [3.63, 3.8) is 0 Å². The molecule has 1 aromatic rings. The summed E-state index contributed by atoms with van der Waals surface area (Å²) in [4.78, 5) is 0. The van der Waals surface area contributed by atoms with Gasteiger partial charge in [-0.2, -0.15) is 0 Å². The van der Waals surface area contributed by atoms with Crippen LogP contribution in [-0.4, -0.2) is 19.1 Å². The Bertz CT molecular complexity index is 395. The second-order valence-corrected chi connectivity index (χ2v) is 4.81. The number of hydrogen-bond donors (Lipinski definition) is 1. The lowest BCUT2D eigenvalue weighted by Gasteiger charge is -2.13. The van der Waals surface area contributed by atoms with Gasteiger partial charge in [0, 0.05) is 31.1 Å². The average Bonchev–Trinajstić information content (AvgIpc) is 2.68. The van der Waals surface area contributed by atoms with Crippen LogP contribution in [0, 0.1) is 5.92 Å². The van der Waals surface area contributed by atoms with Gasteiger partial charge in [0.1, 0.15) is 5.75 Å². The van der Waals surface area contributed by atoms with Crippen LogP contribution in [0.1, 0.15) is 26.2 Å². The smallest absolute Gasteiger partial charge is 0.248 e. The Kier molecular flexibility index (Phi) is 4.04. The van der Waals surface area contributed by atoms with Gasteiger partial charge >= 0.3 is 0 Å². The van der Waals surface area contributed by atoms with Gasteiger partial charge in [0.15, 0.2) is 0 Å². The number of halogens is 2. The molecule has 2 nitrogen and oxygen atoms in total. The van der Waals surface area contributed by atoms with E-state index in [1.54, 1.807) is 0 Å². The number of nitrogens with one attached hydrogen (secondary N) is 1. The van der Waals surface area contributed by atoms with Crippen LogP contribution in [0.2, 0.25) is 0 Å². The molecule has 1 aliphatic carbocycles. The first kappa shape index (κ1) is 13.1. The summed E-state index contributed by atoms with van der Waals surface area (Å²) in [5.74, 6) is -1.59. The molecule has 0 radical (unpaired) electrons. The minimum Gasteiger partial charge on any atom is -0.494 e. The van der Waals surface area contributed by atoms with E-state index < -0.39 is 5.92 Å². The van der Waals surface area contributed by atoms with Crippen molar-refractivity contribution < 1.29 is 13.5 Å². The highest BCUT2D eigenvalue weighted by molar-refractivity contribution is 5.48. The monoisotopic (exact) mass is 255 g/mol. The summed E-state index contributed by atoms with van der Waals surface area (Å²) >= 11 is 0. The maximum absolute atomic E-state index is 13.0. The number of anilines is 1. The summed E-state index contributed by atoms with van der Waals surface area (Å²) in [5, 5.41) is 3.21. The molecular formula is C14H19F2NO. The lowest BCUT2D eigenvalue weighted by atomic mass is 10.1. The highest BCUT2D eigenvalue weighted by atomic mass is 19.3. The molecule has 0 amide bonds. The van der Waals surface area contributed by atoms with Gasteiger partial charge in [-0.15, -0.1) is 0 Å². The summed E-state index contributed by atoms with van der Waals surface area (Å²) in [6.45, 7) is 3.16. The number of rotatable bonds is 5. The number of benzene rings is 1. The van der Waals surface area contributed by atoms with Gasteiger partial charge in [-0.05, 0) is 31.4 Å². The van der Waals surface area contributed by atoms with E-state index in [0.29, 0.717) is 19.6 Å². The largest absolute Gasteiger partial charge is 0.494 e. The normalized spacial score (nSPS) is 21.8. The summed E-state index contributed by atoms with van der Waals surface area (Å²) in [6, 6.07) is 7.61. The Morgan fingerprint density at radius 3 is 2.94 bits per heavy atom. The molecule has 0 bridgehead atoms. The van der Waals surface area contributed by atoms with Crippen LogP contribution in [-0.2, 0) is 0 Å². The molecule has 1 N–H and O–H groups in total. The van der Waals surface area contributed by atoms with Crippen LogP contribution < -0.4 is 10.1 Å². The average molecular weight is 255 g/mol. The third kappa shape index (κ3) is 3.59. The standard InChI is InChI=1S/C14H19F2NO/c1-2-18-13-5-3-4-12(8-13)17-10-11-6-7-14(15,16)9-11/h3-5,8,11,17H,2,6-7,9-10H2,1H3. The quantitative estimate of drug-likeness (QED) is 0.860. The first-order valence-electron chi connectivity index (χ1n) is 6.43. The predicted molar refractivity (Wildman–Crippen MR) is 68.4 cm³/mol. The van der Waals surface area contributed by atoms with E-state index in [1.807, 2.05) is 31.2 Å². The molecule has 1 fully saturated rings. The molecule has 0 saturated heterocycles. The third-order valence-corrected chi connectivity index (χ3v) is 3.25. The van der Waals surface area contributed by atoms with E-state index in [2.05, 4.69) is 5.32 Å². The van der Waals surface area contributed by atoms with Crippen LogP contribution in [0.3, 0.4) is 0 Å². The summed E-state index contributed by atoms with van der Waals surface area (Å²) in [7, 11) is 0. The van der Waals surface area contributed by atoms with Gasteiger partial charge < -0.3 is 10.1 Å². The Balaban J connectivity index is 1.85. The molecule has 1 aromatic carbocycles. The molecule has 0 spiro atoms. The second-order valence-electron chi connectivity index (χ2n) is 4.81. The fourth-order valence-electron chi connectivity index (χ4n) is 2.34. The summed E-state index contributed by atoms with van der Waals surface area (Å²) in [5.41, 5.74) is 0.927. The van der Waals surface area contributed by atoms with Crippen molar-refractivity contribution in [3.05, 3.63) is 24.3 Å². The van der Waals surface area contributed by atoms with E-state index in [-0.39, 0.29) is 18.8 Å². The number of alkyl halides is 2. The van der Waals surface area contributed by atoms with Gasteiger partial charge in [-0.3, -0.25) is 0 Å². The predicted octanol–water partition coefficient (Wildman–Crippen LogP) is 3.93. The molecule has 100 valence electrons. The van der Waals surface area contributed by atoms with Gasteiger partial charge in [-0.25, -0.2) is 8.78 Å². The van der Waals surface area contributed by atoms with E-state index in [0.717, 1.165) is 11.4 Å². The highest BCUT2D eigenvalue weighted by Gasteiger charge is 2.38. The number of ether oxygens (including phenoxy) is 1. The topological polar surface area (TPSA) is 21.3 Å². The van der Waals surface area contributed by atoms with Gasteiger partial charge in [-0.1, -0.05) is 6.07 Å². The molecule has 4 heteroatoms. The zero-order chi connectivity index (χ0) is 13.0. The second kappa shape index (κ2) is 5.55. The molecule has 1 atom stereocenters. The fourth-order valence-corrected chi connectivity index (χ4v) is 2.34. The van der Waals surface area contributed by atoms with Gasteiger partial charge in [0.05, 0.1) is 6.61 Å². The summed E-state index contributed by atoms with van der Waals surface area (Å²) < 4.78 is 31.5. The van der Waals surface area contributed by atoms with Crippen molar-refractivity contribution in [1.29, 1.82) is 0 Å². The lowest BCUT2D eigenvalue weighted by Crippen LogP contribution is -2.15. The van der Waals surface area contributed by atoms with E-state index in [9.17, 15) is 8.78 Å². The minimum absolute atomic E-state index is 0.00511. The molecule has 1 unspecified atom stereocenters. The Morgan fingerprint density at radius 2 is 2.28 bits per heavy atom. The van der Waals surface area contributed by atoms with Crippen molar-refractivity contribution in [3.8, 4) is 5.75 Å². The molecule has 1 saturated carbocycles. The molecule has 18 heavy (non-hydrogen) atoms. The Hall–Kier alpha value is -1.32. The van der Waals surface area contributed by atoms with Crippen molar-refractivity contribution >= 4 is 5.69 Å². The van der Waals surface area contributed by atoms with Crippen LogP contribution in [0.25, 0.3) is 0 Å². The molecular weight excluding hydrogens is 236 g/mol. The fraction of sp³-hybridized carbons (Fsp3) is 0.571. The first-order chi connectivity index (χ1) is 8.59. The van der Waals surface area contributed by atoms with Crippen molar-refractivity contribution in [2.24, 2.45) is 5.92 Å². The van der Waals surface area contributed by atoms with Crippen molar-refractivity contribution in [2.75, 3.05) is 18.5 Å². The first-order valence-corrected chi connectivity index (χ1v) is 6.43. The molecule has 1 aliphatic rings. The molecule has 0 aliphatic heterocycles. The van der Waals surface area contributed by atoms with Crippen LogP contribution in [0.5, 0.6) is 5.75 Å². The third-order valence-electron chi connectivity index (χ3n) is 3.25. The van der Waals surface area contributed by atoms with Gasteiger partial charge in [0.2, 0.25) is 5.92 Å². The van der Waals surface area contributed by atoms with E-state index >= 15 is 0 Å². The molecule has 0 heterocycles. The maximum Gasteiger partial charge on any atom is 0.248 e. The van der Waals surface area contributed by atoms with E-state index in [1.165, 1.54) is 0 Å². The zero-order valence-electron chi connectivity index (χ0n) is 10.6. The van der Waals surface area contributed by atoms with Crippen LogP contribution in [0.4, 0.5) is 14.5 Å². The van der Waals surface area contributed by atoms with Crippen LogP contribution in [0.15, 0.2) is 24.3 Å². The lowest BCUT2D eigenvalue weighted by molar-refractivity contribution is 0.00556.